The van der Waals surface area contributed by atoms with Crippen molar-refractivity contribution in [3.8, 4) is 11.5 Å². The minimum absolute atomic E-state index is 0.0177. The van der Waals surface area contributed by atoms with Crippen molar-refractivity contribution in [1.82, 2.24) is 9.80 Å². The highest BCUT2D eigenvalue weighted by molar-refractivity contribution is 9.10. The van der Waals surface area contributed by atoms with Crippen LogP contribution in [-0.4, -0.2) is 44.9 Å². The smallest absolute Gasteiger partial charge is 0.416 e. The predicted molar refractivity (Wildman–Crippen MR) is 151 cm³/mol. The molecule has 3 aromatic carbocycles. The molecular weight excluding hydrogens is 643 g/mol. The van der Waals surface area contributed by atoms with Crippen LogP contribution in [0.1, 0.15) is 22.3 Å². The first-order valence-electron chi connectivity index (χ1n) is 12.3. The molecule has 216 valence electrons. The van der Waals surface area contributed by atoms with E-state index in [4.69, 9.17) is 4.74 Å². The molecule has 2 aliphatic heterocycles. The van der Waals surface area contributed by atoms with Crippen molar-refractivity contribution in [2.45, 2.75) is 19.1 Å². The second-order valence-corrected chi connectivity index (χ2v) is 11.2. The van der Waals surface area contributed by atoms with Gasteiger partial charge in [0.25, 0.3) is 11.1 Å². The molecule has 14 heteroatoms. The van der Waals surface area contributed by atoms with E-state index in [0.717, 1.165) is 22.1 Å². The van der Waals surface area contributed by atoms with Crippen LogP contribution in [0.2, 0.25) is 0 Å². The summed E-state index contributed by atoms with van der Waals surface area (Å²) in [5, 5.41) is 10.9. The number of benzene rings is 3. The van der Waals surface area contributed by atoms with Gasteiger partial charge in [-0.25, -0.2) is 0 Å². The number of nitro groups is 1. The van der Waals surface area contributed by atoms with Crippen molar-refractivity contribution in [1.29, 1.82) is 0 Å². The molecule has 0 atom stereocenters. The van der Waals surface area contributed by atoms with Gasteiger partial charge in [-0.05, 0) is 65.7 Å². The van der Waals surface area contributed by atoms with Crippen LogP contribution in [0.5, 0.6) is 11.5 Å². The number of imide groups is 1. The summed E-state index contributed by atoms with van der Waals surface area (Å²) >= 11 is 3.90. The lowest BCUT2D eigenvalue weighted by Crippen LogP contribution is -2.44. The average molecular weight is 662 g/mol. The summed E-state index contributed by atoms with van der Waals surface area (Å²) < 4.78 is 45.5. The maximum absolute atomic E-state index is 13.2. The Balaban J connectivity index is 1.37. The zero-order valence-electron chi connectivity index (χ0n) is 21.4. The second kappa shape index (κ2) is 11.6. The van der Waals surface area contributed by atoms with E-state index in [1.807, 2.05) is 24.3 Å². The molecule has 0 radical (unpaired) electrons. The number of fused-ring (bicyclic) bond motifs is 1. The fourth-order valence-electron chi connectivity index (χ4n) is 4.49. The third kappa shape index (κ3) is 6.19. The number of halogens is 4. The Kier molecular flexibility index (Phi) is 8.10. The van der Waals surface area contributed by atoms with Gasteiger partial charge < -0.3 is 9.64 Å². The number of nitrogens with zero attached hydrogens (tertiary/aromatic N) is 3. The van der Waals surface area contributed by atoms with Gasteiger partial charge in [-0.1, -0.05) is 40.2 Å². The minimum Gasteiger partial charge on any atom is -0.449 e. The van der Waals surface area contributed by atoms with Crippen molar-refractivity contribution in [3.63, 3.8) is 0 Å². The van der Waals surface area contributed by atoms with E-state index in [-0.39, 0.29) is 22.1 Å². The van der Waals surface area contributed by atoms with Gasteiger partial charge in [-0.3, -0.25) is 29.4 Å². The maximum Gasteiger partial charge on any atom is 0.416 e. The van der Waals surface area contributed by atoms with Crippen LogP contribution in [0.25, 0.3) is 6.08 Å². The number of amides is 3. The molecule has 42 heavy (non-hydrogen) atoms. The maximum atomic E-state index is 13.2. The number of carbonyl (C=O) groups is 3. The van der Waals surface area contributed by atoms with Crippen molar-refractivity contribution in [3.05, 3.63) is 102 Å². The molecule has 1 saturated heterocycles. The van der Waals surface area contributed by atoms with Gasteiger partial charge in [0.1, 0.15) is 12.3 Å². The van der Waals surface area contributed by atoms with Gasteiger partial charge in [0.15, 0.2) is 0 Å². The summed E-state index contributed by atoms with van der Waals surface area (Å²) in [7, 11) is 0. The molecule has 0 aliphatic carbocycles. The third-order valence-electron chi connectivity index (χ3n) is 6.61. The second-order valence-electron chi connectivity index (χ2n) is 9.32. The lowest BCUT2D eigenvalue weighted by molar-refractivity contribution is -0.385. The molecule has 0 aromatic heterocycles. The lowest BCUT2D eigenvalue weighted by atomic mass is 10.00. The van der Waals surface area contributed by atoms with E-state index in [0.29, 0.717) is 47.9 Å². The summed E-state index contributed by atoms with van der Waals surface area (Å²) in [6.45, 7) is 0.385. The average Bonchev–Trinajstić information content (AvgIpc) is 3.20. The zero-order valence-corrected chi connectivity index (χ0v) is 23.8. The highest BCUT2D eigenvalue weighted by Gasteiger charge is 2.38. The Bertz CT molecular complexity index is 1660. The first-order chi connectivity index (χ1) is 19.9. The number of rotatable bonds is 6. The number of thioether (sulfide) groups is 1. The van der Waals surface area contributed by atoms with E-state index in [1.54, 1.807) is 4.90 Å². The van der Waals surface area contributed by atoms with Crippen LogP contribution >= 0.6 is 27.7 Å². The quantitative estimate of drug-likeness (QED) is 0.162. The van der Waals surface area contributed by atoms with Gasteiger partial charge in [0, 0.05) is 29.2 Å². The molecule has 2 aliphatic rings. The van der Waals surface area contributed by atoms with Crippen molar-refractivity contribution >= 4 is 56.5 Å². The number of alkyl halides is 3. The molecule has 0 saturated carbocycles. The van der Waals surface area contributed by atoms with Crippen LogP contribution < -0.4 is 4.74 Å². The number of nitro benzene ring substituents is 1. The van der Waals surface area contributed by atoms with E-state index in [9.17, 15) is 37.7 Å². The SMILES string of the molecule is O=C(CN1C(=O)S/C(=C/c2cc(Br)ccc2Oc2ccc(C(F)(F)F)cc2[N+](=O)[O-])C1=O)N1CCc2ccccc2C1. The Morgan fingerprint density at radius 1 is 1.07 bits per heavy atom. The molecule has 3 aromatic rings. The van der Waals surface area contributed by atoms with E-state index < -0.39 is 45.8 Å². The van der Waals surface area contributed by atoms with Crippen LogP contribution in [0, 0.1) is 10.1 Å². The lowest BCUT2D eigenvalue weighted by Gasteiger charge is -2.29. The molecular formula is C28H19BrF3N3O6S. The largest absolute Gasteiger partial charge is 0.449 e. The highest BCUT2D eigenvalue weighted by atomic mass is 79.9. The fourth-order valence-corrected chi connectivity index (χ4v) is 5.70. The minimum atomic E-state index is -4.80. The molecule has 5 rings (SSSR count). The van der Waals surface area contributed by atoms with Crippen molar-refractivity contribution in [2.75, 3.05) is 13.1 Å². The molecule has 0 unspecified atom stereocenters. The van der Waals surface area contributed by atoms with Crippen LogP contribution in [-0.2, 0) is 28.7 Å². The monoisotopic (exact) mass is 661 g/mol. The number of hydrogen-bond acceptors (Lipinski definition) is 7. The first kappa shape index (κ1) is 29.3. The van der Waals surface area contributed by atoms with E-state index in [1.165, 1.54) is 24.3 Å². The Labute approximate surface area is 249 Å². The highest BCUT2D eigenvalue weighted by Crippen LogP contribution is 2.40. The predicted octanol–water partition coefficient (Wildman–Crippen LogP) is 6.79. The number of hydrogen-bond donors (Lipinski definition) is 0. The number of ether oxygens (including phenoxy) is 1. The molecule has 0 spiro atoms. The van der Waals surface area contributed by atoms with Gasteiger partial charge >= 0.3 is 11.9 Å². The van der Waals surface area contributed by atoms with Gasteiger partial charge in [0.05, 0.1) is 15.4 Å². The van der Waals surface area contributed by atoms with E-state index in [2.05, 4.69) is 15.9 Å². The zero-order chi connectivity index (χ0) is 30.2. The molecule has 0 N–H and O–H groups in total. The molecule has 0 bridgehead atoms. The van der Waals surface area contributed by atoms with Gasteiger partial charge in [-0.2, -0.15) is 13.2 Å². The summed E-state index contributed by atoms with van der Waals surface area (Å²) in [5.74, 6) is -1.56. The Morgan fingerprint density at radius 3 is 2.50 bits per heavy atom. The topological polar surface area (TPSA) is 110 Å². The van der Waals surface area contributed by atoms with E-state index >= 15 is 0 Å². The van der Waals surface area contributed by atoms with Crippen LogP contribution in [0.15, 0.2) is 70.0 Å². The van der Waals surface area contributed by atoms with Crippen LogP contribution in [0.3, 0.4) is 0 Å². The number of carbonyl (C=O) groups excluding carboxylic acids is 3. The van der Waals surface area contributed by atoms with Crippen LogP contribution in [0.4, 0.5) is 23.7 Å². The molecule has 1 fully saturated rings. The van der Waals surface area contributed by atoms with Crippen molar-refractivity contribution < 1.29 is 37.2 Å². The summed E-state index contributed by atoms with van der Waals surface area (Å²) in [6, 6.07) is 14.0. The Hall–Kier alpha value is -4.17. The molecule has 2 heterocycles. The standard InChI is InChI=1S/C28H19BrF3N3O6S/c29-20-6-8-22(41-23-7-5-19(28(30,31)32)13-21(23)35(39)40)18(11-20)12-24-26(37)34(27(38)42-24)15-25(36)33-10-9-16-3-1-2-4-17(16)14-33/h1-8,11-13H,9-10,14-15H2/b24-12+. The Morgan fingerprint density at radius 2 is 1.79 bits per heavy atom. The molecule has 3 amide bonds. The van der Waals surface area contributed by atoms with Gasteiger partial charge in [0.2, 0.25) is 11.7 Å². The summed E-state index contributed by atoms with van der Waals surface area (Å²) in [6.07, 6.45) is -2.82. The van der Waals surface area contributed by atoms with Crippen molar-refractivity contribution in [2.24, 2.45) is 0 Å². The third-order valence-corrected chi connectivity index (χ3v) is 8.01. The first-order valence-corrected chi connectivity index (χ1v) is 13.9. The molecule has 9 nitrogen and oxygen atoms in total. The summed E-state index contributed by atoms with van der Waals surface area (Å²) in [5.41, 5.74) is 0.237. The normalized spacial score (nSPS) is 16.1. The fraction of sp³-hybridized carbons (Fsp3) is 0.179. The van der Waals surface area contributed by atoms with Gasteiger partial charge in [-0.15, -0.1) is 0 Å². The summed E-state index contributed by atoms with van der Waals surface area (Å²) in [4.78, 5) is 51.8.